The van der Waals surface area contributed by atoms with Gasteiger partial charge in [-0.1, -0.05) is 0 Å². The van der Waals surface area contributed by atoms with Crippen LogP contribution in [0.2, 0.25) is 0 Å². The molecule has 0 fully saturated rings. The van der Waals surface area contributed by atoms with Crippen LogP contribution < -0.4 is 0 Å². The molecule has 2 nitrogen and oxygen atoms in total. The van der Waals surface area contributed by atoms with Crippen LogP contribution in [0.4, 0.5) is 8.78 Å². The van der Waals surface area contributed by atoms with Crippen molar-refractivity contribution in [2.75, 3.05) is 20.1 Å². The third-order valence-electron chi connectivity index (χ3n) is 2.64. The number of halogens is 3. The van der Waals surface area contributed by atoms with Gasteiger partial charge in [0.25, 0.3) is 0 Å². The van der Waals surface area contributed by atoms with Gasteiger partial charge in [-0.05, 0) is 24.6 Å². The molecule has 0 amide bonds. The highest BCUT2D eigenvalue weighted by Gasteiger charge is 2.34. The van der Waals surface area contributed by atoms with Crippen LogP contribution in [0.5, 0.6) is 0 Å². The fourth-order valence-corrected chi connectivity index (χ4v) is 1.86. The molecule has 1 aromatic carbocycles. The van der Waals surface area contributed by atoms with Gasteiger partial charge in [-0.2, -0.15) is 0 Å². The van der Waals surface area contributed by atoms with Crippen LogP contribution >= 0.6 is 11.6 Å². The summed E-state index contributed by atoms with van der Waals surface area (Å²) in [4.78, 5) is 0. The largest absolute Gasteiger partial charge is 0.349 e. The second-order valence-electron chi connectivity index (χ2n) is 3.58. The van der Waals surface area contributed by atoms with Crippen molar-refractivity contribution in [2.45, 2.75) is 18.6 Å². The average Bonchev–Trinajstić information content (AvgIpc) is 2.35. The van der Waals surface area contributed by atoms with Crippen molar-refractivity contribution in [2.24, 2.45) is 0 Å². The van der Waals surface area contributed by atoms with Gasteiger partial charge >= 0.3 is 0 Å². The third-order valence-corrected chi connectivity index (χ3v) is 2.91. The predicted molar refractivity (Wildman–Crippen MR) is 62.0 cm³/mol. The Balaban J connectivity index is 3.15. The molecule has 0 saturated carbocycles. The number of hydrogen-bond donors (Lipinski definition) is 0. The number of rotatable bonds is 6. The Morgan fingerprint density at radius 1 is 1.24 bits per heavy atom. The topological polar surface area (TPSA) is 18.5 Å². The van der Waals surface area contributed by atoms with Crippen LogP contribution in [0.15, 0.2) is 18.2 Å². The maximum Gasteiger partial charge on any atom is 0.197 e. The van der Waals surface area contributed by atoms with Crippen LogP contribution in [0.3, 0.4) is 0 Å². The Morgan fingerprint density at radius 3 is 2.41 bits per heavy atom. The molecule has 0 aliphatic heterocycles. The number of ether oxygens (including phenoxy) is 2. The highest BCUT2D eigenvalue weighted by molar-refractivity contribution is 6.17. The van der Waals surface area contributed by atoms with E-state index in [1.165, 1.54) is 14.2 Å². The van der Waals surface area contributed by atoms with Gasteiger partial charge in [0.15, 0.2) is 5.79 Å². The van der Waals surface area contributed by atoms with Gasteiger partial charge < -0.3 is 9.47 Å². The van der Waals surface area contributed by atoms with E-state index < -0.39 is 17.4 Å². The highest BCUT2D eigenvalue weighted by Crippen LogP contribution is 2.33. The van der Waals surface area contributed by atoms with Gasteiger partial charge in [-0.3, -0.25) is 0 Å². The second-order valence-corrected chi connectivity index (χ2v) is 3.96. The zero-order valence-electron chi connectivity index (χ0n) is 9.80. The molecule has 0 atom stereocenters. The van der Waals surface area contributed by atoms with Crippen molar-refractivity contribution >= 4 is 11.6 Å². The smallest absolute Gasteiger partial charge is 0.197 e. The predicted octanol–water partition coefficient (Wildman–Crippen LogP) is 3.43. The van der Waals surface area contributed by atoms with E-state index in [-0.39, 0.29) is 5.56 Å². The monoisotopic (exact) mass is 264 g/mol. The third kappa shape index (κ3) is 3.15. The van der Waals surface area contributed by atoms with Crippen LogP contribution in [-0.2, 0) is 15.3 Å². The first-order valence-corrected chi connectivity index (χ1v) is 5.75. The Morgan fingerprint density at radius 2 is 1.88 bits per heavy atom. The molecular formula is C12H15ClF2O2. The molecule has 1 aromatic rings. The molecule has 0 saturated heterocycles. The van der Waals surface area contributed by atoms with Gasteiger partial charge in [0.2, 0.25) is 0 Å². The van der Waals surface area contributed by atoms with Crippen molar-refractivity contribution in [1.29, 1.82) is 0 Å². The summed E-state index contributed by atoms with van der Waals surface area (Å²) in [6.45, 7) is 0. The zero-order chi connectivity index (χ0) is 12.9. The van der Waals surface area contributed by atoms with Crippen LogP contribution in [0.25, 0.3) is 0 Å². The van der Waals surface area contributed by atoms with Crippen molar-refractivity contribution in [3.05, 3.63) is 35.4 Å². The zero-order valence-corrected chi connectivity index (χ0v) is 10.6. The minimum absolute atomic E-state index is 0.0487. The Bertz CT molecular complexity index is 368. The molecule has 0 bridgehead atoms. The number of hydrogen-bond acceptors (Lipinski definition) is 2. The normalized spacial score (nSPS) is 11.8. The van der Waals surface area contributed by atoms with Gasteiger partial charge in [0.05, 0.1) is 0 Å². The molecule has 0 unspecified atom stereocenters. The Kier molecular flexibility index (Phi) is 5.31. The van der Waals surface area contributed by atoms with E-state index in [9.17, 15) is 8.78 Å². The molecule has 0 spiro atoms. The summed E-state index contributed by atoms with van der Waals surface area (Å²) in [5.41, 5.74) is 0.0487. The van der Waals surface area contributed by atoms with Gasteiger partial charge in [-0.15, -0.1) is 11.6 Å². The molecule has 96 valence electrons. The molecule has 0 heterocycles. The lowest BCUT2D eigenvalue weighted by Gasteiger charge is -2.31. The van der Waals surface area contributed by atoms with Gasteiger partial charge in [-0.25, -0.2) is 8.78 Å². The van der Waals surface area contributed by atoms with Crippen molar-refractivity contribution < 1.29 is 18.3 Å². The second kappa shape index (κ2) is 6.28. The maximum absolute atomic E-state index is 13.7. The average molecular weight is 265 g/mol. The van der Waals surface area contributed by atoms with Crippen molar-refractivity contribution in [1.82, 2.24) is 0 Å². The van der Waals surface area contributed by atoms with Crippen LogP contribution in [0, 0.1) is 11.6 Å². The van der Waals surface area contributed by atoms with Crippen molar-refractivity contribution in [3.63, 3.8) is 0 Å². The molecule has 0 aliphatic carbocycles. The molecule has 17 heavy (non-hydrogen) atoms. The Labute approximate surface area is 104 Å². The summed E-state index contributed by atoms with van der Waals surface area (Å²) < 4.78 is 37.3. The number of methoxy groups -OCH3 is 2. The summed E-state index contributed by atoms with van der Waals surface area (Å²) in [6, 6.07) is 3.19. The lowest BCUT2D eigenvalue weighted by Crippen LogP contribution is -2.32. The van der Waals surface area contributed by atoms with E-state index in [2.05, 4.69) is 0 Å². The van der Waals surface area contributed by atoms with E-state index >= 15 is 0 Å². The lowest BCUT2D eigenvalue weighted by atomic mass is 10.00. The fourth-order valence-electron chi connectivity index (χ4n) is 1.73. The molecular weight excluding hydrogens is 250 g/mol. The quantitative estimate of drug-likeness (QED) is 0.579. The first-order chi connectivity index (χ1) is 8.09. The Hall–Kier alpha value is -0.710. The lowest BCUT2D eigenvalue weighted by molar-refractivity contribution is -0.222. The van der Waals surface area contributed by atoms with E-state index in [1.54, 1.807) is 0 Å². The standard InChI is InChI=1S/C12H15ClF2O2/c1-16-12(17-2,6-3-7-13)10-8-9(14)4-5-11(10)15/h4-5,8H,3,6-7H2,1-2H3. The highest BCUT2D eigenvalue weighted by atomic mass is 35.5. The minimum Gasteiger partial charge on any atom is -0.349 e. The summed E-state index contributed by atoms with van der Waals surface area (Å²) >= 11 is 5.60. The van der Waals surface area contributed by atoms with Crippen LogP contribution in [0.1, 0.15) is 18.4 Å². The van der Waals surface area contributed by atoms with Gasteiger partial charge in [0.1, 0.15) is 11.6 Å². The summed E-state index contributed by atoms with van der Waals surface area (Å²) in [7, 11) is 2.78. The summed E-state index contributed by atoms with van der Waals surface area (Å²) in [5, 5.41) is 0. The van der Waals surface area contributed by atoms with E-state index in [1.807, 2.05) is 0 Å². The fraction of sp³-hybridized carbons (Fsp3) is 0.500. The molecule has 0 radical (unpaired) electrons. The van der Waals surface area contributed by atoms with E-state index in [0.717, 1.165) is 18.2 Å². The molecule has 0 aromatic heterocycles. The number of benzene rings is 1. The molecule has 1 rings (SSSR count). The minimum atomic E-state index is -1.29. The van der Waals surface area contributed by atoms with E-state index in [0.29, 0.717) is 18.7 Å². The van der Waals surface area contributed by atoms with Crippen molar-refractivity contribution in [3.8, 4) is 0 Å². The first-order valence-electron chi connectivity index (χ1n) is 5.21. The van der Waals surface area contributed by atoms with E-state index in [4.69, 9.17) is 21.1 Å². The van der Waals surface area contributed by atoms with Gasteiger partial charge in [0, 0.05) is 32.1 Å². The molecule has 0 aliphatic rings. The van der Waals surface area contributed by atoms with Crippen LogP contribution in [-0.4, -0.2) is 20.1 Å². The molecule has 5 heteroatoms. The maximum atomic E-state index is 13.7. The molecule has 0 N–H and O–H groups in total. The summed E-state index contributed by atoms with van der Waals surface area (Å²) in [6.07, 6.45) is 0.920. The SMILES string of the molecule is COC(CCCCl)(OC)c1cc(F)ccc1F. The number of alkyl halides is 1. The first kappa shape index (κ1) is 14.4. The summed E-state index contributed by atoms with van der Waals surface area (Å²) in [5.74, 6) is -2.00.